The Morgan fingerprint density at radius 3 is 2.37 bits per heavy atom. The number of nitrogens with zero attached hydrogens (tertiary/aromatic N) is 2. The average molecular weight is 406 g/mol. The summed E-state index contributed by atoms with van der Waals surface area (Å²) in [6.45, 7) is 3.80. The van der Waals surface area contributed by atoms with Crippen LogP contribution in [0, 0.1) is 13.8 Å². The molecule has 154 valence electrons. The predicted octanol–water partition coefficient (Wildman–Crippen LogP) is 3.98. The summed E-state index contributed by atoms with van der Waals surface area (Å²) in [5.41, 5.74) is 2.55. The molecule has 0 atom stereocenters. The molecule has 0 fully saturated rings. The first-order chi connectivity index (χ1) is 14.4. The molecule has 1 aromatic heterocycles. The fourth-order valence-electron chi connectivity index (χ4n) is 2.91. The Morgan fingerprint density at radius 2 is 1.73 bits per heavy atom. The highest BCUT2D eigenvalue weighted by molar-refractivity contribution is 6.05. The van der Waals surface area contributed by atoms with Gasteiger partial charge in [-0.15, -0.1) is 0 Å². The Balaban J connectivity index is 2.00. The van der Waals surface area contributed by atoms with E-state index in [9.17, 15) is 9.59 Å². The van der Waals surface area contributed by atoms with Gasteiger partial charge in [0.25, 0.3) is 0 Å². The van der Waals surface area contributed by atoms with Crippen molar-refractivity contribution in [3.63, 3.8) is 0 Å². The third kappa shape index (κ3) is 4.41. The van der Waals surface area contributed by atoms with Gasteiger partial charge in [-0.3, -0.25) is 4.98 Å². The fourth-order valence-corrected chi connectivity index (χ4v) is 2.91. The van der Waals surface area contributed by atoms with Crippen LogP contribution < -0.4 is 9.64 Å². The normalized spacial score (nSPS) is 13.1. The predicted molar refractivity (Wildman–Crippen MR) is 112 cm³/mol. The van der Waals surface area contributed by atoms with Crippen LogP contribution >= 0.6 is 0 Å². The fraction of sp³-hybridized carbons (Fsp3) is 0.174. The number of ether oxygens (including phenoxy) is 3. The van der Waals surface area contributed by atoms with Crippen molar-refractivity contribution in [2.24, 2.45) is 0 Å². The molecule has 2 heterocycles. The smallest absolute Gasteiger partial charge is 0.355 e. The number of hydrogen-bond acceptors (Lipinski definition) is 7. The zero-order valence-electron chi connectivity index (χ0n) is 17.2. The van der Waals surface area contributed by atoms with Crippen molar-refractivity contribution in [2.45, 2.75) is 13.8 Å². The number of allylic oxidation sites excluding steroid dienone is 2. The van der Waals surface area contributed by atoms with Crippen molar-refractivity contribution >= 4 is 17.6 Å². The largest absolute Gasteiger partial charge is 0.465 e. The topological polar surface area (TPSA) is 78.0 Å². The number of anilines is 1. The number of aromatic nitrogens is 1. The molecule has 0 unspecified atom stereocenters. The van der Waals surface area contributed by atoms with Crippen LogP contribution in [0.5, 0.6) is 11.5 Å². The number of pyridine rings is 1. The number of carbonyl (C=O) groups excluding carboxylic acids is 2. The molecule has 0 aliphatic carbocycles. The van der Waals surface area contributed by atoms with Crippen LogP contribution in [0.15, 0.2) is 72.2 Å². The van der Waals surface area contributed by atoms with Gasteiger partial charge < -0.3 is 19.1 Å². The number of rotatable bonds is 5. The molecule has 2 aromatic rings. The number of aryl methyl sites for hydroxylation is 2. The molecule has 7 heteroatoms. The van der Waals surface area contributed by atoms with Crippen LogP contribution in [0.25, 0.3) is 0 Å². The summed E-state index contributed by atoms with van der Waals surface area (Å²) in [5, 5.41) is 0. The van der Waals surface area contributed by atoms with Crippen LogP contribution in [0.4, 0.5) is 5.69 Å². The van der Waals surface area contributed by atoms with Crippen LogP contribution in [0.1, 0.15) is 11.3 Å². The second-order valence-electron chi connectivity index (χ2n) is 6.50. The van der Waals surface area contributed by atoms with Crippen molar-refractivity contribution in [1.82, 2.24) is 4.98 Å². The molecule has 1 aliphatic heterocycles. The summed E-state index contributed by atoms with van der Waals surface area (Å²) in [5.74, 6) is -0.0178. The summed E-state index contributed by atoms with van der Waals surface area (Å²) in [4.78, 5) is 30.6. The average Bonchev–Trinajstić information content (AvgIpc) is 2.98. The molecule has 1 aliphatic rings. The molecule has 0 saturated heterocycles. The minimum Gasteiger partial charge on any atom is -0.465 e. The second kappa shape index (κ2) is 9.09. The maximum absolute atomic E-state index is 12.5. The van der Waals surface area contributed by atoms with E-state index in [-0.39, 0.29) is 11.3 Å². The van der Waals surface area contributed by atoms with Crippen LogP contribution in [0.2, 0.25) is 0 Å². The molecule has 0 spiro atoms. The standard InChI is InChI=1S/C23H22N2O5/c1-15-13-17(9-11-20(15)30-18-10-8-16(2)24-14-18)25-12-6-5-7-19(22(26)28-3)21(25)23(27)29-4/h5-14H,1-4H3. The lowest BCUT2D eigenvalue weighted by Crippen LogP contribution is -2.27. The molecular formula is C23H22N2O5. The van der Waals surface area contributed by atoms with Gasteiger partial charge in [-0.05, 0) is 61.9 Å². The van der Waals surface area contributed by atoms with Gasteiger partial charge >= 0.3 is 11.9 Å². The van der Waals surface area contributed by atoms with E-state index in [1.807, 2.05) is 32.0 Å². The van der Waals surface area contributed by atoms with E-state index in [2.05, 4.69) is 4.98 Å². The van der Waals surface area contributed by atoms with Gasteiger partial charge in [-0.2, -0.15) is 0 Å². The highest BCUT2D eigenvalue weighted by atomic mass is 16.5. The van der Waals surface area contributed by atoms with Crippen LogP contribution in [-0.2, 0) is 19.1 Å². The van der Waals surface area contributed by atoms with Gasteiger partial charge in [0.05, 0.1) is 26.0 Å². The van der Waals surface area contributed by atoms with Gasteiger partial charge in [0.1, 0.15) is 17.2 Å². The first-order valence-corrected chi connectivity index (χ1v) is 9.20. The second-order valence-corrected chi connectivity index (χ2v) is 6.50. The molecule has 0 saturated carbocycles. The number of esters is 2. The SMILES string of the molecule is COC(=O)C1=C(C(=O)OC)N(c2ccc(Oc3ccc(C)nc3)c(C)c2)C=CC=C1. The lowest BCUT2D eigenvalue weighted by molar-refractivity contribution is -0.139. The maximum atomic E-state index is 12.5. The van der Waals surface area contributed by atoms with E-state index < -0.39 is 11.9 Å². The minimum atomic E-state index is -0.657. The zero-order chi connectivity index (χ0) is 21.7. The van der Waals surface area contributed by atoms with Gasteiger partial charge in [0.2, 0.25) is 0 Å². The Bertz CT molecular complexity index is 1050. The van der Waals surface area contributed by atoms with Crippen LogP contribution in [0.3, 0.4) is 0 Å². The Kier molecular flexibility index (Phi) is 6.32. The highest BCUT2D eigenvalue weighted by Gasteiger charge is 2.27. The van der Waals surface area contributed by atoms with Gasteiger partial charge in [-0.1, -0.05) is 6.08 Å². The summed E-state index contributed by atoms with van der Waals surface area (Å²) in [7, 11) is 2.52. The molecule has 1 aromatic carbocycles. The summed E-state index contributed by atoms with van der Waals surface area (Å²) < 4.78 is 15.7. The number of methoxy groups -OCH3 is 2. The minimum absolute atomic E-state index is 0.0603. The third-order valence-electron chi connectivity index (χ3n) is 4.44. The Hall–Kier alpha value is -3.87. The molecular weight excluding hydrogens is 384 g/mol. The van der Waals surface area contributed by atoms with E-state index in [0.717, 1.165) is 11.3 Å². The molecule has 0 N–H and O–H groups in total. The van der Waals surface area contributed by atoms with Crippen molar-refractivity contribution < 1.29 is 23.8 Å². The van der Waals surface area contributed by atoms with Crippen molar-refractivity contribution in [3.8, 4) is 11.5 Å². The number of carbonyl (C=O) groups is 2. The van der Waals surface area contributed by atoms with Gasteiger partial charge in [0.15, 0.2) is 0 Å². The monoisotopic (exact) mass is 406 g/mol. The maximum Gasteiger partial charge on any atom is 0.355 e. The van der Waals surface area contributed by atoms with E-state index in [0.29, 0.717) is 17.2 Å². The third-order valence-corrected chi connectivity index (χ3v) is 4.44. The van der Waals surface area contributed by atoms with Gasteiger partial charge in [-0.25, -0.2) is 9.59 Å². The van der Waals surface area contributed by atoms with Crippen molar-refractivity contribution in [1.29, 1.82) is 0 Å². The Labute approximate surface area is 174 Å². The number of benzene rings is 1. The van der Waals surface area contributed by atoms with Crippen molar-refractivity contribution in [2.75, 3.05) is 19.1 Å². The lowest BCUT2D eigenvalue weighted by atomic mass is 10.1. The molecule has 0 amide bonds. The van der Waals surface area contributed by atoms with Gasteiger partial charge in [0, 0.05) is 17.6 Å². The van der Waals surface area contributed by atoms with Crippen LogP contribution in [-0.4, -0.2) is 31.1 Å². The Morgan fingerprint density at radius 1 is 0.967 bits per heavy atom. The van der Waals surface area contributed by atoms with E-state index in [1.165, 1.54) is 20.3 Å². The molecule has 0 radical (unpaired) electrons. The molecule has 0 bridgehead atoms. The van der Waals surface area contributed by atoms with E-state index in [4.69, 9.17) is 14.2 Å². The highest BCUT2D eigenvalue weighted by Crippen LogP contribution is 2.32. The zero-order valence-corrected chi connectivity index (χ0v) is 17.2. The number of hydrogen-bond donors (Lipinski definition) is 0. The van der Waals surface area contributed by atoms with Crippen molar-refractivity contribution in [3.05, 3.63) is 83.5 Å². The lowest BCUT2D eigenvalue weighted by Gasteiger charge is -2.24. The summed E-state index contributed by atoms with van der Waals surface area (Å²) in [6.07, 6.45) is 8.23. The van der Waals surface area contributed by atoms with E-state index in [1.54, 1.807) is 41.6 Å². The molecule has 30 heavy (non-hydrogen) atoms. The molecule has 7 nitrogen and oxygen atoms in total. The quantitative estimate of drug-likeness (QED) is 0.695. The summed E-state index contributed by atoms with van der Waals surface area (Å²) in [6, 6.07) is 9.15. The summed E-state index contributed by atoms with van der Waals surface area (Å²) >= 11 is 0. The van der Waals surface area contributed by atoms with E-state index >= 15 is 0 Å². The molecule has 3 rings (SSSR count). The first-order valence-electron chi connectivity index (χ1n) is 9.20. The first kappa shape index (κ1) is 20.9.